The third-order valence-corrected chi connectivity index (χ3v) is 2.56. The van der Waals surface area contributed by atoms with Crippen molar-refractivity contribution >= 4 is 12.1 Å². The van der Waals surface area contributed by atoms with Crippen molar-refractivity contribution in [2.24, 2.45) is 5.10 Å². The molecule has 0 bridgehead atoms. The monoisotopic (exact) mass is 258 g/mol. The van der Waals surface area contributed by atoms with Gasteiger partial charge in [0.15, 0.2) is 5.76 Å². The van der Waals surface area contributed by atoms with Crippen LogP contribution in [0.15, 0.2) is 46.1 Å². The fraction of sp³-hybridized carbons (Fsp3) is 0.143. The van der Waals surface area contributed by atoms with Crippen LogP contribution >= 0.6 is 0 Å². The van der Waals surface area contributed by atoms with Crippen LogP contribution in [-0.2, 0) is 0 Å². The number of nitrogens with zero attached hydrogens (tertiary/aromatic N) is 1. The molecule has 0 saturated heterocycles. The Kier molecular flexibility index (Phi) is 3.97. The molecule has 1 heterocycles. The number of amides is 1. The number of rotatable bonds is 4. The van der Waals surface area contributed by atoms with E-state index >= 15 is 0 Å². The van der Waals surface area contributed by atoms with Crippen molar-refractivity contribution in [1.82, 2.24) is 5.43 Å². The molecule has 98 valence electrons. The third-order valence-electron chi connectivity index (χ3n) is 2.56. The van der Waals surface area contributed by atoms with E-state index < -0.39 is 0 Å². The average Bonchev–Trinajstić information content (AvgIpc) is 2.94. The van der Waals surface area contributed by atoms with Crippen LogP contribution in [0.1, 0.15) is 21.7 Å². The van der Waals surface area contributed by atoms with Crippen molar-refractivity contribution in [2.45, 2.75) is 6.92 Å². The van der Waals surface area contributed by atoms with E-state index in [0.717, 1.165) is 16.9 Å². The number of furan rings is 1. The average molecular weight is 258 g/mol. The second-order valence-electron chi connectivity index (χ2n) is 3.91. The maximum Gasteiger partial charge on any atom is 0.307 e. The first kappa shape index (κ1) is 12.9. The Morgan fingerprint density at radius 3 is 2.95 bits per heavy atom. The molecule has 0 unspecified atom stereocenters. The van der Waals surface area contributed by atoms with E-state index in [2.05, 4.69) is 10.5 Å². The summed E-state index contributed by atoms with van der Waals surface area (Å²) in [7, 11) is 1.61. The Balaban J connectivity index is 2.01. The van der Waals surface area contributed by atoms with E-state index in [9.17, 15) is 4.79 Å². The van der Waals surface area contributed by atoms with Gasteiger partial charge in [-0.2, -0.15) is 5.10 Å². The fourth-order valence-electron chi connectivity index (χ4n) is 1.55. The lowest BCUT2D eigenvalue weighted by atomic mass is 10.1. The normalized spacial score (nSPS) is 10.6. The zero-order valence-electron chi connectivity index (χ0n) is 10.7. The molecule has 1 aromatic heterocycles. The van der Waals surface area contributed by atoms with Gasteiger partial charge in [0.2, 0.25) is 0 Å². The fourth-order valence-corrected chi connectivity index (χ4v) is 1.55. The Bertz CT molecular complexity index is 589. The molecule has 1 amide bonds. The van der Waals surface area contributed by atoms with Gasteiger partial charge in [-0.15, -0.1) is 0 Å². The van der Waals surface area contributed by atoms with Crippen molar-refractivity contribution in [3.05, 3.63) is 53.5 Å². The van der Waals surface area contributed by atoms with Crippen molar-refractivity contribution in [1.29, 1.82) is 0 Å². The summed E-state index contributed by atoms with van der Waals surface area (Å²) in [6.07, 6.45) is 2.98. The smallest absolute Gasteiger partial charge is 0.307 e. The maximum atomic E-state index is 11.5. The number of hydrazone groups is 1. The second kappa shape index (κ2) is 5.86. The molecule has 1 N–H and O–H groups in total. The van der Waals surface area contributed by atoms with Crippen LogP contribution in [0.5, 0.6) is 5.75 Å². The molecule has 0 aliphatic rings. The quantitative estimate of drug-likeness (QED) is 0.676. The molecule has 0 aliphatic carbocycles. The summed E-state index contributed by atoms with van der Waals surface area (Å²) in [6, 6.07) is 8.87. The van der Waals surface area contributed by atoms with Crippen LogP contribution in [0.4, 0.5) is 0 Å². The zero-order chi connectivity index (χ0) is 13.7. The molecule has 0 radical (unpaired) electrons. The lowest BCUT2D eigenvalue weighted by Gasteiger charge is -2.04. The van der Waals surface area contributed by atoms with E-state index in [1.54, 1.807) is 25.5 Å². The highest BCUT2D eigenvalue weighted by molar-refractivity contribution is 5.92. The molecule has 0 atom stereocenters. The highest BCUT2D eigenvalue weighted by Gasteiger charge is 2.05. The molecule has 0 aliphatic heterocycles. The Hall–Kier alpha value is -2.56. The van der Waals surface area contributed by atoms with Crippen molar-refractivity contribution < 1.29 is 13.9 Å². The van der Waals surface area contributed by atoms with E-state index in [1.807, 2.05) is 25.1 Å². The van der Waals surface area contributed by atoms with Gasteiger partial charge in [-0.05, 0) is 36.2 Å². The number of carbonyl (C=O) groups is 1. The molecule has 5 heteroatoms. The van der Waals surface area contributed by atoms with Gasteiger partial charge in [0.25, 0.3) is 0 Å². The number of carbonyl (C=O) groups excluding carboxylic acids is 1. The SMILES string of the molecule is COc1cc(C=NNC(=O)c2ccco2)ccc1C. The number of hydrogen-bond donors (Lipinski definition) is 1. The molecule has 1 aromatic carbocycles. The number of hydrogen-bond acceptors (Lipinski definition) is 4. The first-order valence-corrected chi connectivity index (χ1v) is 5.72. The molecular weight excluding hydrogens is 244 g/mol. The predicted octanol–water partition coefficient (Wildman–Crippen LogP) is 2.36. The molecule has 5 nitrogen and oxygen atoms in total. The minimum atomic E-state index is -0.389. The van der Waals surface area contributed by atoms with Crippen LogP contribution in [-0.4, -0.2) is 19.2 Å². The number of benzene rings is 1. The van der Waals surface area contributed by atoms with E-state index in [4.69, 9.17) is 9.15 Å². The van der Waals surface area contributed by atoms with Crippen LogP contribution < -0.4 is 10.2 Å². The molecule has 0 fully saturated rings. The molecule has 19 heavy (non-hydrogen) atoms. The number of aryl methyl sites for hydroxylation is 1. The first-order chi connectivity index (χ1) is 9.20. The maximum absolute atomic E-state index is 11.5. The van der Waals surface area contributed by atoms with Gasteiger partial charge in [0.1, 0.15) is 5.75 Å². The summed E-state index contributed by atoms with van der Waals surface area (Å²) in [5.41, 5.74) is 4.26. The van der Waals surface area contributed by atoms with E-state index in [0.29, 0.717) is 0 Å². The Morgan fingerprint density at radius 1 is 1.42 bits per heavy atom. The lowest BCUT2D eigenvalue weighted by Crippen LogP contribution is -2.16. The topological polar surface area (TPSA) is 63.8 Å². The van der Waals surface area contributed by atoms with Crippen molar-refractivity contribution in [3.8, 4) is 5.75 Å². The standard InChI is InChI=1S/C14H14N2O3/c1-10-5-6-11(8-13(10)18-2)9-15-16-14(17)12-4-3-7-19-12/h3-9H,1-2H3,(H,16,17). The minimum absolute atomic E-state index is 0.221. The van der Waals surface area contributed by atoms with Gasteiger partial charge in [0.05, 0.1) is 19.6 Å². The van der Waals surface area contributed by atoms with Crippen molar-refractivity contribution in [3.63, 3.8) is 0 Å². The number of ether oxygens (including phenoxy) is 1. The van der Waals surface area contributed by atoms with E-state index in [-0.39, 0.29) is 11.7 Å². The highest BCUT2D eigenvalue weighted by atomic mass is 16.5. The summed E-state index contributed by atoms with van der Waals surface area (Å²) in [6.45, 7) is 1.96. The van der Waals surface area contributed by atoms with Gasteiger partial charge >= 0.3 is 5.91 Å². The number of methoxy groups -OCH3 is 1. The molecule has 0 spiro atoms. The van der Waals surface area contributed by atoms with Crippen LogP contribution in [0.2, 0.25) is 0 Å². The van der Waals surface area contributed by atoms with Gasteiger partial charge in [-0.3, -0.25) is 4.79 Å². The van der Waals surface area contributed by atoms with Crippen LogP contribution in [0.3, 0.4) is 0 Å². The molecular formula is C14H14N2O3. The van der Waals surface area contributed by atoms with Crippen LogP contribution in [0, 0.1) is 6.92 Å². The Labute approximate surface area is 110 Å². The molecule has 2 rings (SSSR count). The minimum Gasteiger partial charge on any atom is -0.496 e. The summed E-state index contributed by atoms with van der Waals surface area (Å²) in [4.78, 5) is 11.5. The summed E-state index contributed by atoms with van der Waals surface area (Å²) in [5, 5.41) is 3.86. The van der Waals surface area contributed by atoms with E-state index in [1.165, 1.54) is 6.26 Å². The lowest BCUT2D eigenvalue weighted by molar-refractivity contribution is 0.0927. The van der Waals surface area contributed by atoms with Crippen LogP contribution in [0.25, 0.3) is 0 Å². The second-order valence-corrected chi connectivity index (χ2v) is 3.91. The number of nitrogens with one attached hydrogen (secondary N) is 1. The van der Waals surface area contributed by atoms with Gasteiger partial charge < -0.3 is 9.15 Å². The summed E-state index contributed by atoms with van der Waals surface area (Å²) in [5.74, 6) is 0.611. The Morgan fingerprint density at radius 2 is 2.26 bits per heavy atom. The van der Waals surface area contributed by atoms with Gasteiger partial charge in [-0.1, -0.05) is 12.1 Å². The predicted molar refractivity (Wildman–Crippen MR) is 71.5 cm³/mol. The summed E-state index contributed by atoms with van der Waals surface area (Å²) >= 11 is 0. The molecule has 2 aromatic rings. The first-order valence-electron chi connectivity index (χ1n) is 5.72. The largest absolute Gasteiger partial charge is 0.496 e. The molecule has 0 saturated carbocycles. The highest BCUT2D eigenvalue weighted by Crippen LogP contribution is 2.17. The van der Waals surface area contributed by atoms with Crippen molar-refractivity contribution in [2.75, 3.05) is 7.11 Å². The third kappa shape index (κ3) is 3.22. The zero-order valence-corrected chi connectivity index (χ0v) is 10.7. The van der Waals surface area contributed by atoms with Gasteiger partial charge in [-0.25, -0.2) is 5.43 Å². The van der Waals surface area contributed by atoms with Gasteiger partial charge in [0, 0.05) is 0 Å². The summed E-state index contributed by atoms with van der Waals surface area (Å²) < 4.78 is 10.2.